The van der Waals surface area contributed by atoms with Crippen LogP contribution in [0.1, 0.15) is 59.3 Å². The van der Waals surface area contributed by atoms with E-state index in [9.17, 15) is 4.79 Å². The van der Waals surface area contributed by atoms with Gasteiger partial charge in [0.25, 0.3) is 0 Å². The van der Waals surface area contributed by atoms with Gasteiger partial charge in [0.1, 0.15) is 5.60 Å². The number of hydrogen-bond donors (Lipinski definition) is 1. The lowest BCUT2D eigenvalue weighted by molar-refractivity contribution is 0.0198. The summed E-state index contributed by atoms with van der Waals surface area (Å²) in [4.78, 5) is 13.9. The standard InChI is InChI=1S/C17H32N2O2S/c1-16(2,3)21-15(20)19-11-7-14(8-12-19)18-13-17(22-4)9-5-6-10-17/h14,18H,5-13H2,1-4H3. The molecule has 1 amide bonds. The minimum atomic E-state index is -0.403. The number of nitrogens with zero attached hydrogens (tertiary/aromatic N) is 1. The normalized spacial score (nSPS) is 22.8. The fourth-order valence-corrected chi connectivity index (χ4v) is 4.32. The van der Waals surface area contributed by atoms with Crippen LogP contribution in [0.4, 0.5) is 4.79 Å². The minimum Gasteiger partial charge on any atom is -0.444 e. The van der Waals surface area contributed by atoms with Gasteiger partial charge in [0.05, 0.1) is 0 Å². The van der Waals surface area contributed by atoms with Gasteiger partial charge < -0.3 is 15.0 Å². The van der Waals surface area contributed by atoms with E-state index in [4.69, 9.17) is 4.74 Å². The molecule has 0 atom stereocenters. The summed E-state index contributed by atoms with van der Waals surface area (Å²) in [6, 6.07) is 0.545. The number of rotatable bonds is 4. The predicted octanol–water partition coefficient (Wildman–Crippen LogP) is 3.65. The topological polar surface area (TPSA) is 41.6 Å². The molecule has 2 rings (SSSR count). The molecule has 0 aromatic carbocycles. The first kappa shape index (κ1) is 17.9. The molecule has 1 saturated carbocycles. The number of hydrogen-bond acceptors (Lipinski definition) is 4. The van der Waals surface area contributed by atoms with Crippen LogP contribution in [0.3, 0.4) is 0 Å². The minimum absolute atomic E-state index is 0.165. The van der Waals surface area contributed by atoms with E-state index in [1.54, 1.807) is 0 Å². The third-order valence-corrected chi connectivity index (χ3v) is 6.23. The molecule has 0 bridgehead atoms. The van der Waals surface area contributed by atoms with Crippen molar-refractivity contribution >= 4 is 17.9 Å². The van der Waals surface area contributed by atoms with Gasteiger partial charge in [-0.1, -0.05) is 12.8 Å². The number of piperidine rings is 1. The maximum atomic E-state index is 12.1. The molecule has 4 nitrogen and oxygen atoms in total. The van der Waals surface area contributed by atoms with Gasteiger partial charge in [-0.25, -0.2) is 4.79 Å². The van der Waals surface area contributed by atoms with E-state index in [2.05, 4.69) is 11.6 Å². The van der Waals surface area contributed by atoms with Crippen molar-refractivity contribution in [3.8, 4) is 0 Å². The Morgan fingerprint density at radius 2 is 1.86 bits per heavy atom. The Morgan fingerprint density at radius 1 is 1.27 bits per heavy atom. The van der Waals surface area contributed by atoms with Gasteiger partial charge in [0.15, 0.2) is 0 Å². The molecule has 1 N–H and O–H groups in total. The monoisotopic (exact) mass is 328 g/mol. The zero-order chi connectivity index (χ0) is 16.2. The molecule has 0 aromatic rings. The summed E-state index contributed by atoms with van der Waals surface area (Å²) < 4.78 is 5.91. The molecule has 0 radical (unpaired) electrons. The summed E-state index contributed by atoms with van der Waals surface area (Å²) in [5.74, 6) is 0. The third-order valence-electron chi connectivity index (χ3n) is 4.81. The van der Waals surface area contributed by atoms with Crippen molar-refractivity contribution in [3.05, 3.63) is 0 Å². The lowest BCUT2D eigenvalue weighted by Gasteiger charge is -2.36. The zero-order valence-electron chi connectivity index (χ0n) is 14.6. The van der Waals surface area contributed by atoms with E-state index in [1.807, 2.05) is 37.4 Å². The van der Waals surface area contributed by atoms with Gasteiger partial charge in [-0.2, -0.15) is 11.8 Å². The van der Waals surface area contributed by atoms with E-state index in [0.29, 0.717) is 10.8 Å². The molecule has 0 unspecified atom stereocenters. The fraction of sp³-hybridized carbons (Fsp3) is 0.941. The average molecular weight is 329 g/mol. The molecule has 1 aliphatic heterocycles. The molecule has 0 spiro atoms. The number of carbonyl (C=O) groups excluding carboxylic acids is 1. The van der Waals surface area contributed by atoms with Crippen molar-refractivity contribution in [3.63, 3.8) is 0 Å². The largest absolute Gasteiger partial charge is 0.444 e. The first-order chi connectivity index (χ1) is 10.3. The highest BCUT2D eigenvalue weighted by molar-refractivity contribution is 8.00. The Balaban J connectivity index is 1.72. The van der Waals surface area contributed by atoms with Crippen LogP contribution in [0.25, 0.3) is 0 Å². The Morgan fingerprint density at radius 3 is 2.36 bits per heavy atom. The highest BCUT2D eigenvalue weighted by Crippen LogP contribution is 2.39. The van der Waals surface area contributed by atoms with Gasteiger partial charge in [-0.3, -0.25) is 0 Å². The third kappa shape index (κ3) is 5.05. The molecule has 0 aromatic heterocycles. The Kier molecular flexibility index (Phi) is 6.06. The molecule has 1 aliphatic carbocycles. The molecular weight excluding hydrogens is 296 g/mol. The smallest absolute Gasteiger partial charge is 0.410 e. The van der Waals surface area contributed by atoms with Crippen molar-refractivity contribution in [1.82, 2.24) is 10.2 Å². The first-order valence-electron chi connectivity index (χ1n) is 8.60. The van der Waals surface area contributed by atoms with Crippen molar-refractivity contribution in [2.75, 3.05) is 25.9 Å². The number of likely N-dealkylation sites (tertiary alicyclic amines) is 1. The zero-order valence-corrected chi connectivity index (χ0v) is 15.4. The number of ether oxygens (including phenoxy) is 1. The quantitative estimate of drug-likeness (QED) is 0.855. The van der Waals surface area contributed by atoms with Crippen molar-refractivity contribution < 1.29 is 9.53 Å². The summed E-state index contributed by atoms with van der Waals surface area (Å²) in [5, 5.41) is 3.76. The molecule has 1 saturated heterocycles. The van der Waals surface area contributed by atoms with Crippen LogP contribution in [-0.2, 0) is 4.74 Å². The van der Waals surface area contributed by atoms with E-state index in [1.165, 1.54) is 25.7 Å². The SMILES string of the molecule is CSC1(CNC2CCN(C(=O)OC(C)(C)C)CC2)CCCC1. The molecular formula is C17H32N2O2S. The van der Waals surface area contributed by atoms with Crippen LogP contribution in [0.5, 0.6) is 0 Å². The van der Waals surface area contributed by atoms with Gasteiger partial charge >= 0.3 is 6.09 Å². The van der Waals surface area contributed by atoms with Crippen LogP contribution in [0, 0.1) is 0 Å². The average Bonchev–Trinajstić information content (AvgIpc) is 2.93. The lowest BCUT2D eigenvalue weighted by Crippen LogP contribution is -2.49. The van der Waals surface area contributed by atoms with E-state index >= 15 is 0 Å². The number of amides is 1. The molecule has 1 heterocycles. The Bertz CT molecular complexity index is 367. The van der Waals surface area contributed by atoms with Gasteiger partial charge in [-0.15, -0.1) is 0 Å². The molecule has 5 heteroatoms. The van der Waals surface area contributed by atoms with Crippen molar-refractivity contribution in [2.24, 2.45) is 0 Å². The Labute approximate surface area is 139 Å². The summed E-state index contributed by atoms with van der Waals surface area (Å²) in [6.45, 7) is 8.48. The van der Waals surface area contributed by atoms with Gasteiger partial charge in [-0.05, 0) is 52.7 Å². The fourth-order valence-electron chi connectivity index (χ4n) is 3.40. The molecule has 22 heavy (non-hydrogen) atoms. The molecule has 128 valence electrons. The summed E-state index contributed by atoms with van der Waals surface area (Å²) in [7, 11) is 0. The maximum absolute atomic E-state index is 12.1. The van der Waals surface area contributed by atoms with Crippen LogP contribution >= 0.6 is 11.8 Å². The number of thioether (sulfide) groups is 1. The van der Waals surface area contributed by atoms with Crippen molar-refractivity contribution in [2.45, 2.75) is 75.7 Å². The summed E-state index contributed by atoms with van der Waals surface area (Å²) in [6.07, 6.45) is 9.59. The second-order valence-corrected chi connectivity index (χ2v) is 8.99. The number of nitrogens with one attached hydrogen (secondary N) is 1. The van der Waals surface area contributed by atoms with E-state index < -0.39 is 5.60 Å². The van der Waals surface area contributed by atoms with E-state index in [0.717, 1.165) is 32.5 Å². The van der Waals surface area contributed by atoms with Crippen LogP contribution in [0.15, 0.2) is 0 Å². The molecule has 2 aliphatic rings. The summed E-state index contributed by atoms with van der Waals surface area (Å²) >= 11 is 2.03. The second kappa shape index (κ2) is 7.43. The predicted molar refractivity (Wildman–Crippen MR) is 93.5 cm³/mol. The van der Waals surface area contributed by atoms with Crippen LogP contribution in [-0.4, -0.2) is 53.3 Å². The van der Waals surface area contributed by atoms with E-state index in [-0.39, 0.29) is 6.09 Å². The number of carbonyl (C=O) groups is 1. The Hall–Kier alpha value is -0.420. The van der Waals surface area contributed by atoms with Gasteiger partial charge in [0.2, 0.25) is 0 Å². The highest BCUT2D eigenvalue weighted by Gasteiger charge is 2.34. The first-order valence-corrected chi connectivity index (χ1v) is 9.82. The van der Waals surface area contributed by atoms with Crippen LogP contribution < -0.4 is 5.32 Å². The molecule has 2 fully saturated rings. The van der Waals surface area contributed by atoms with Crippen LogP contribution in [0.2, 0.25) is 0 Å². The lowest BCUT2D eigenvalue weighted by atomic mass is 10.0. The highest BCUT2D eigenvalue weighted by atomic mass is 32.2. The van der Waals surface area contributed by atoms with Crippen molar-refractivity contribution in [1.29, 1.82) is 0 Å². The maximum Gasteiger partial charge on any atom is 0.410 e. The second-order valence-electron chi connectivity index (χ2n) is 7.72. The summed E-state index contributed by atoms with van der Waals surface area (Å²) in [5.41, 5.74) is -0.403. The van der Waals surface area contributed by atoms with Gasteiger partial charge in [0, 0.05) is 30.4 Å².